The van der Waals surface area contributed by atoms with Crippen molar-refractivity contribution in [1.29, 1.82) is 0 Å². The highest BCUT2D eigenvalue weighted by Gasteiger charge is 2.52. The van der Waals surface area contributed by atoms with Crippen molar-refractivity contribution in [3.63, 3.8) is 0 Å². The van der Waals surface area contributed by atoms with Crippen LogP contribution in [0.25, 0.3) is 10.8 Å². The third kappa shape index (κ3) is 1.36. The molecular weight excluding hydrogens is 208 g/mol. The van der Waals surface area contributed by atoms with Gasteiger partial charge in [0.2, 0.25) is 0 Å². The van der Waals surface area contributed by atoms with Crippen LogP contribution in [-0.4, -0.2) is 18.1 Å². The maximum Gasteiger partial charge on any atom is 0.0373 e. The molecule has 0 N–H and O–H groups in total. The first-order valence-electron chi connectivity index (χ1n) is 6.42. The molecule has 1 aliphatic carbocycles. The zero-order valence-electron chi connectivity index (χ0n) is 10.0. The Morgan fingerprint density at radius 2 is 1.94 bits per heavy atom. The fourth-order valence-electron chi connectivity index (χ4n) is 3.30. The second-order valence-electron chi connectivity index (χ2n) is 5.50. The quantitative estimate of drug-likeness (QED) is 0.740. The molecule has 0 spiro atoms. The SMILES string of the molecule is CC1C2CN(c3ccc4ccncc4c3)CC12. The van der Waals surface area contributed by atoms with Crippen molar-refractivity contribution in [2.45, 2.75) is 6.92 Å². The zero-order valence-corrected chi connectivity index (χ0v) is 10.0. The Labute approximate surface area is 101 Å². The van der Waals surface area contributed by atoms with Crippen LogP contribution in [0.4, 0.5) is 5.69 Å². The summed E-state index contributed by atoms with van der Waals surface area (Å²) in [6, 6.07) is 8.80. The van der Waals surface area contributed by atoms with Crippen molar-refractivity contribution >= 4 is 16.5 Å². The molecule has 4 rings (SSSR count). The molecule has 2 heterocycles. The molecule has 2 atom stereocenters. The van der Waals surface area contributed by atoms with Gasteiger partial charge >= 0.3 is 0 Å². The lowest BCUT2D eigenvalue weighted by Gasteiger charge is -2.21. The minimum Gasteiger partial charge on any atom is -0.371 e. The van der Waals surface area contributed by atoms with E-state index in [0.29, 0.717) is 0 Å². The summed E-state index contributed by atoms with van der Waals surface area (Å²) in [7, 11) is 0. The van der Waals surface area contributed by atoms with Gasteiger partial charge in [-0.2, -0.15) is 0 Å². The summed E-state index contributed by atoms with van der Waals surface area (Å²) in [5.41, 5.74) is 1.37. The molecule has 1 aliphatic heterocycles. The Morgan fingerprint density at radius 1 is 1.12 bits per heavy atom. The van der Waals surface area contributed by atoms with Gasteiger partial charge in [0.1, 0.15) is 0 Å². The van der Waals surface area contributed by atoms with Gasteiger partial charge < -0.3 is 4.90 Å². The van der Waals surface area contributed by atoms with Gasteiger partial charge in [-0.15, -0.1) is 0 Å². The van der Waals surface area contributed by atoms with E-state index in [9.17, 15) is 0 Å². The van der Waals surface area contributed by atoms with Gasteiger partial charge in [0, 0.05) is 36.6 Å². The van der Waals surface area contributed by atoms with Crippen LogP contribution in [0.5, 0.6) is 0 Å². The van der Waals surface area contributed by atoms with Crippen LogP contribution < -0.4 is 4.90 Å². The Hall–Kier alpha value is -1.57. The van der Waals surface area contributed by atoms with E-state index in [4.69, 9.17) is 0 Å². The fraction of sp³-hybridized carbons (Fsp3) is 0.400. The number of aromatic nitrogens is 1. The number of rotatable bonds is 1. The standard InChI is InChI=1S/C15H16N2/c1-10-14-8-17(9-15(10)14)13-3-2-11-4-5-16-7-12(11)6-13/h2-7,10,14-15H,8-9H2,1H3. The van der Waals surface area contributed by atoms with Crippen molar-refractivity contribution in [3.8, 4) is 0 Å². The van der Waals surface area contributed by atoms with Gasteiger partial charge in [0.15, 0.2) is 0 Å². The van der Waals surface area contributed by atoms with E-state index in [1.807, 2.05) is 12.4 Å². The van der Waals surface area contributed by atoms with E-state index in [-0.39, 0.29) is 0 Å². The Morgan fingerprint density at radius 3 is 2.76 bits per heavy atom. The van der Waals surface area contributed by atoms with E-state index in [0.717, 1.165) is 17.8 Å². The third-order valence-electron chi connectivity index (χ3n) is 4.61. The van der Waals surface area contributed by atoms with E-state index in [1.165, 1.54) is 29.5 Å². The molecule has 0 amide bonds. The minimum atomic E-state index is 0.958. The highest BCUT2D eigenvalue weighted by molar-refractivity contribution is 5.85. The topological polar surface area (TPSA) is 16.1 Å². The second kappa shape index (κ2) is 3.22. The maximum atomic E-state index is 4.20. The number of anilines is 1. The molecule has 2 unspecified atom stereocenters. The molecular formula is C15H16N2. The summed E-state index contributed by atoms with van der Waals surface area (Å²) in [5, 5.41) is 2.53. The van der Waals surface area contributed by atoms with Crippen molar-refractivity contribution in [2.24, 2.45) is 17.8 Å². The van der Waals surface area contributed by atoms with Gasteiger partial charge in [-0.3, -0.25) is 4.98 Å². The van der Waals surface area contributed by atoms with Crippen molar-refractivity contribution in [2.75, 3.05) is 18.0 Å². The number of piperidine rings is 1. The lowest BCUT2D eigenvalue weighted by atomic mass is 10.1. The number of pyridine rings is 1. The monoisotopic (exact) mass is 224 g/mol. The molecule has 2 nitrogen and oxygen atoms in total. The molecule has 1 saturated heterocycles. The van der Waals surface area contributed by atoms with E-state index < -0.39 is 0 Å². The average Bonchev–Trinajstić information content (AvgIpc) is 2.81. The fourth-order valence-corrected chi connectivity index (χ4v) is 3.30. The van der Waals surface area contributed by atoms with Gasteiger partial charge in [0.05, 0.1) is 0 Å². The van der Waals surface area contributed by atoms with Crippen LogP contribution >= 0.6 is 0 Å². The molecule has 2 aliphatic rings. The van der Waals surface area contributed by atoms with Gasteiger partial charge in [-0.25, -0.2) is 0 Å². The van der Waals surface area contributed by atoms with Gasteiger partial charge in [-0.1, -0.05) is 13.0 Å². The molecule has 1 aromatic carbocycles. The third-order valence-corrected chi connectivity index (χ3v) is 4.61. The van der Waals surface area contributed by atoms with Gasteiger partial charge in [0.25, 0.3) is 0 Å². The van der Waals surface area contributed by atoms with Crippen molar-refractivity contribution in [3.05, 3.63) is 36.7 Å². The first kappa shape index (κ1) is 9.46. The van der Waals surface area contributed by atoms with E-state index in [1.54, 1.807) is 0 Å². The van der Waals surface area contributed by atoms with E-state index >= 15 is 0 Å². The summed E-state index contributed by atoms with van der Waals surface area (Å²) in [4.78, 5) is 6.73. The van der Waals surface area contributed by atoms with Crippen molar-refractivity contribution < 1.29 is 0 Å². The zero-order chi connectivity index (χ0) is 11.4. The Kier molecular flexibility index (Phi) is 1.79. The predicted octanol–water partition coefficient (Wildman–Crippen LogP) is 2.94. The first-order chi connectivity index (χ1) is 8.33. The summed E-state index contributed by atoms with van der Waals surface area (Å²) in [6.07, 6.45) is 3.81. The van der Waals surface area contributed by atoms with Crippen LogP contribution in [0.2, 0.25) is 0 Å². The summed E-state index contributed by atoms with van der Waals surface area (Å²) < 4.78 is 0. The molecule has 2 heteroatoms. The lowest BCUT2D eigenvalue weighted by Crippen LogP contribution is -2.23. The molecule has 2 aromatic rings. The molecule has 1 saturated carbocycles. The summed E-state index contributed by atoms with van der Waals surface area (Å²) in [6.45, 7) is 4.88. The highest BCUT2D eigenvalue weighted by atomic mass is 15.2. The molecule has 86 valence electrons. The molecule has 2 fully saturated rings. The summed E-state index contributed by atoms with van der Waals surface area (Å²) >= 11 is 0. The molecule has 1 aromatic heterocycles. The normalized spacial score (nSPS) is 30.6. The number of benzene rings is 1. The van der Waals surface area contributed by atoms with Crippen LogP contribution in [0.1, 0.15) is 6.92 Å². The number of hydrogen-bond acceptors (Lipinski definition) is 2. The summed E-state index contributed by atoms with van der Waals surface area (Å²) in [5.74, 6) is 2.88. The van der Waals surface area contributed by atoms with Crippen LogP contribution in [0, 0.1) is 17.8 Å². The number of hydrogen-bond donors (Lipinski definition) is 0. The smallest absolute Gasteiger partial charge is 0.0373 e. The lowest BCUT2D eigenvalue weighted by molar-refractivity contribution is 0.690. The van der Waals surface area contributed by atoms with Crippen LogP contribution in [0.15, 0.2) is 36.7 Å². The Balaban J connectivity index is 1.68. The van der Waals surface area contributed by atoms with Crippen LogP contribution in [-0.2, 0) is 0 Å². The minimum absolute atomic E-state index is 0.958. The average molecular weight is 224 g/mol. The largest absolute Gasteiger partial charge is 0.371 e. The molecule has 0 radical (unpaired) electrons. The van der Waals surface area contributed by atoms with E-state index in [2.05, 4.69) is 41.1 Å². The van der Waals surface area contributed by atoms with Gasteiger partial charge in [-0.05, 0) is 41.3 Å². The Bertz CT molecular complexity index is 566. The molecule has 0 bridgehead atoms. The first-order valence-corrected chi connectivity index (χ1v) is 6.42. The maximum absolute atomic E-state index is 4.20. The number of fused-ring (bicyclic) bond motifs is 2. The molecule has 17 heavy (non-hydrogen) atoms. The number of nitrogens with zero attached hydrogens (tertiary/aromatic N) is 2. The highest BCUT2D eigenvalue weighted by Crippen LogP contribution is 2.52. The predicted molar refractivity (Wildman–Crippen MR) is 70.1 cm³/mol. The van der Waals surface area contributed by atoms with Crippen LogP contribution in [0.3, 0.4) is 0 Å². The second-order valence-corrected chi connectivity index (χ2v) is 5.50. The van der Waals surface area contributed by atoms with Crippen molar-refractivity contribution in [1.82, 2.24) is 4.98 Å².